The molecule has 0 aliphatic heterocycles. The van der Waals surface area contributed by atoms with Crippen molar-refractivity contribution in [3.8, 4) is 0 Å². The van der Waals surface area contributed by atoms with E-state index >= 15 is 0 Å². The minimum Gasteiger partial charge on any atom is -0.0654 e. The van der Waals surface area contributed by atoms with Gasteiger partial charge in [-0.3, -0.25) is 0 Å². The molecule has 0 N–H and O–H groups in total. The molecule has 3 rings (SSSR count). The summed E-state index contributed by atoms with van der Waals surface area (Å²) in [6.45, 7) is 4.71. The van der Waals surface area contributed by atoms with Crippen LogP contribution < -0.4 is 0 Å². The first-order chi connectivity index (χ1) is 10.7. The summed E-state index contributed by atoms with van der Waals surface area (Å²) in [7, 11) is 0. The van der Waals surface area contributed by atoms with Crippen LogP contribution in [0.3, 0.4) is 0 Å². The van der Waals surface area contributed by atoms with Crippen LogP contribution in [0, 0.1) is 11.3 Å². The van der Waals surface area contributed by atoms with Crippen LogP contribution in [0.1, 0.15) is 88.3 Å². The molecule has 0 heterocycles. The third-order valence-corrected chi connectivity index (χ3v) is 6.21. The molecule has 1 fully saturated rings. The lowest BCUT2D eigenvalue weighted by molar-refractivity contribution is 0.250. The lowest BCUT2D eigenvalue weighted by Crippen LogP contribution is -2.20. The summed E-state index contributed by atoms with van der Waals surface area (Å²) in [6.07, 6.45) is 16.8. The zero-order valence-electron chi connectivity index (χ0n) is 14.8. The van der Waals surface area contributed by atoms with E-state index < -0.39 is 0 Å². The number of hydrogen-bond acceptors (Lipinski definition) is 0. The zero-order chi connectivity index (χ0) is 15.4. The van der Waals surface area contributed by atoms with E-state index in [4.69, 9.17) is 0 Å². The second kappa shape index (κ2) is 7.20. The average molecular weight is 299 g/mol. The van der Waals surface area contributed by atoms with Crippen molar-refractivity contribution in [2.45, 2.75) is 90.9 Å². The van der Waals surface area contributed by atoms with Crippen molar-refractivity contribution in [1.82, 2.24) is 0 Å². The van der Waals surface area contributed by atoms with E-state index in [2.05, 4.69) is 32.0 Å². The third-order valence-electron chi connectivity index (χ3n) is 6.21. The molecule has 0 saturated heterocycles. The van der Waals surface area contributed by atoms with Crippen LogP contribution >= 0.6 is 0 Å². The molecule has 0 aromatic heterocycles. The van der Waals surface area contributed by atoms with Gasteiger partial charge in [0.2, 0.25) is 0 Å². The maximum absolute atomic E-state index is 2.58. The summed E-state index contributed by atoms with van der Waals surface area (Å²) in [5.74, 6) is 0.962. The highest BCUT2D eigenvalue weighted by molar-refractivity contribution is 5.38. The van der Waals surface area contributed by atoms with Crippen molar-refractivity contribution in [3.63, 3.8) is 0 Å². The molecular weight excluding hydrogens is 264 g/mol. The van der Waals surface area contributed by atoms with Crippen LogP contribution in [0.4, 0.5) is 0 Å². The molecule has 0 nitrogen and oxygen atoms in total. The van der Waals surface area contributed by atoms with Crippen molar-refractivity contribution < 1.29 is 0 Å². The fourth-order valence-electron chi connectivity index (χ4n) is 5.28. The summed E-state index contributed by atoms with van der Waals surface area (Å²) in [4.78, 5) is 0. The number of hydrogen-bond donors (Lipinski definition) is 0. The van der Waals surface area contributed by atoms with Crippen LogP contribution in [0.25, 0.3) is 0 Å². The lowest BCUT2D eigenvalue weighted by atomic mass is 9.77. The summed E-state index contributed by atoms with van der Waals surface area (Å²) < 4.78 is 0. The molecule has 0 spiro atoms. The van der Waals surface area contributed by atoms with E-state index in [1.807, 2.05) is 0 Å². The van der Waals surface area contributed by atoms with Gasteiger partial charge >= 0.3 is 0 Å². The van der Waals surface area contributed by atoms with Gasteiger partial charge in [-0.2, -0.15) is 0 Å². The Kier molecular flexibility index (Phi) is 5.26. The van der Waals surface area contributed by atoms with Gasteiger partial charge in [0.05, 0.1) is 0 Å². The van der Waals surface area contributed by atoms with Gasteiger partial charge in [0.1, 0.15) is 0 Å². The van der Waals surface area contributed by atoms with E-state index in [0.29, 0.717) is 5.41 Å². The van der Waals surface area contributed by atoms with Crippen molar-refractivity contribution in [2.24, 2.45) is 11.3 Å². The first kappa shape index (κ1) is 16.1. The average Bonchev–Trinajstić information content (AvgIpc) is 2.86. The summed E-state index contributed by atoms with van der Waals surface area (Å²) in [5.41, 5.74) is 5.56. The van der Waals surface area contributed by atoms with Gasteiger partial charge in [-0.25, -0.2) is 0 Å². The van der Waals surface area contributed by atoms with E-state index in [9.17, 15) is 0 Å². The molecule has 2 aliphatic carbocycles. The largest absolute Gasteiger partial charge is 0.0654 e. The Bertz CT molecular complexity index is 473. The van der Waals surface area contributed by atoms with Crippen LogP contribution in [-0.4, -0.2) is 0 Å². The number of fused-ring (bicyclic) bond motifs is 1. The van der Waals surface area contributed by atoms with Crippen LogP contribution in [0.15, 0.2) is 18.2 Å². The van der Waals surface area contributed by atoms with Gasteiger partial charge < -0.3 is 0 Å². The maximum atomic E-state index is 2.58. The summed E-state index contributed by atoms with van der Waals surface area (Å²) in [6, 6.07) is 7.50. The molecule has 2 aliphatic rings. The van der Waals surface area contributed by atoms with Gasteiger partial charge in [-0.15, -0.1) is 0 Å². The van der Waals surface area contributed by atoms with Crippen LogP contribution in [0.2, 0.25) is 0 Å². The molecule has 1 aromatic carbocycles. The zero-order valence-corrected chi connectivity index (χ0v) is 14.8. The molecule has 0 atom stereocenters. The minimum absolute atomic E-state index is 0.593. The van der Waals surface area contributed by atoms with Crippen LogP contribution in [0.5, 0.6) is 0 Å². The monoisotopic (exact) mass is 298 g/mol. The Balaban J connectivity index is 1.70. The SMILES string of the molecule is CCCC1(CCC)Cc2ccc(CC3CCCCC3)cc2C1. The molecule has 0 unspecified atom stereocenters. The van der Waals surface area contributed by atoms with Crippen molar-refractivity contribution in [1.29, 1.82) is 0 Å². The summed E-state index contributed by atoms with van der Waals surface area (Å²) >= 11 is 0. The first-order valence-electron chi connectivity index (χ1n) is 9.85. The molecule has 0 heteroatoms. The molecular formula is C22H34. The third kappa shape index (κ3) is 3.58. The number of benzene rings is 1. The van der Waals surface area contributed by atoms with Crippen LogP contribution in [-0.2, 0) is 19.3 Å². The summed E-state index contributed by atoms with van der Waals surface area (Å²) in [5, 5.41) is 0. The molecule has 1 aromatic rings. The molecule has 22 heavy (non-hydrogen) atoms. The Labute approximate surface area is 137 Å². The molecule has 1 saturated carbocycles. The van der Waals surface area contributed by atoms with Gasteiger partial charge in [0, 0.05) is 0 Å². The fraction of sp³-hybridized carbons (Fsp3) is 0.727. The Morgan fingerprint density at radius 1 is 0.909 bits per heavy atom. The number of rotatable bonds is 6. The van der Waals surface area contributed by atoms with E-state index in [1.165, 1.54) is 77.0 Å². The lowest BCUT2D eigenvalue weighted by Gasteiger charge is -2.28. The Morgan fingerprint density at radius 3 is 2.27 bits per heavy atom. The minimum atomic E-state index is 0.593. The highest BCUT2D eigenvalue weighted by Crippen LogP contribution is 2.44. The van der Waals surface area contributed by atoms with Gasteiger partial charge in [-0.1, -0.05) is 77.0 Å². The van der Waals surface area contributed by atoms with Crippen molar-refractivity contribution in [2.75, 3.05) is 0 Å². The maximum Gasteiger partial charge on any atom is -0.0216 e. The second-order valence-electron chi connectivity index (χ2n) is 8.16. The molecule has 0 bridgehead atoms. The van der Waals surface area contributed by atoms with Gasteiger partial charge in [0.25, 0.3) is 0 Å². The van der Waals surface area contributed by atoms with E-state index in [0.717, 1.165) is 5.92 Å². The standard InChI is InChI=1S/C22H34/c1-3-12-22(13-4-2)16-20-11-10-19(15-21(20)17-22)14-18-8-6-5-7-9-18/h10-11,15,18H,3-9,12-14,16-17H2,1-2H3. The predicted octanol–water partition coefficient (Wildman–Crippen LogP) is 6.49. The quantitative estimate of drug-likeness (QED) is 0.562. The normalized spacial score (nSPS) is 21.0. The van der Waals surface area contributed by atoms with Crippen molar-refractivity contribution in [3.05, 3.63) is 34.9 Å². The fourth-order valence-corrected chi connectivity index (χ4v) is 5.28. The predicted molar refractivity (Wildman–Crippen MR) is 96.4 cm³/mol. The topological polar surface area (TPSA) is 0 Å². The Hall–Kier alpha value is -0.780. The smallest absolute Gasteiger partial charge is 0.0216 e. The van der Waals surface area contributed by atoms with Crippen molar-refractivity contribution >= 4 is 0 Å². The van der Waals surface area contributed by atoms with Gasteiger partial charge in [0.15, 0.2) is 0 Å². The molecule has 122 valence electrons. The highest BCUT2D eigenvalue weighted by atomic mass is 14.4. The highest BCUT2D eigenvalue weighted by Gasteiger charge is 2.35. The van der Waals surface area contributed by atoms with E-state index in [-0.39, 0.29) is 0 Å². The molecule has 0 radical (unpaired) electrons. The first-order valence-corrected chi connectivity index (χ1v) is 9.85. The molecule has 0 amide bonds. The second-order valence-corrected chi connectivity index (χ2v) is 8.16. The van der Waals surface area contributed by atoms with Gasteiger partial charge in [-0.05, 0) is 60.1 Å². The Morgan fingerprint density at radius 2 is 1.59 bits per heavy atom. The van der Waals surface area contributed by atoms with E-state index in [1.54, 1.807) is 16.7 Å².